The number of hydrogen-bond donors (Lipinski definition) is 2. The zero-order valence-electron chi connectivity index (χ0n) is 26.2. The lowest BCUT2D eigenvalue weighted by atomic mass is 9.81. The normalized spacial score (nSPS) is 24.8. The van der Waals surface area contributed by atoms with E-state index in [1.165, 1.54) is 0 Å². The van der Waals surface area contributed by atoms with Gasteiger partial charge in [0.15, 0.2) is 0 Å². The number of anilines is 1. The summed E-state index contributed by atoms with van der Waals surface area (Å²) < 4.78 is 18.0. The first-order chi connectivity index (χ1) is 20.6. The Morgan fingerprint density at radius 2 is 1.84 bits per heavy atom. The lowest BCUT2D eigenvalue weighted by Gasteiger charge is -2.42. The van der Waals surface area contributed by atoms with Gasteiger partial charge in [0.1, 0.15) is 5.75 Å². The molecule has 0 spiro atoms. The number of benzene rings is 1. The SMILES string of the molecule is CCN(c1cc(O[C@H]2C[C@H](CN3C[C@@H](C)O[C@@H](C)C3)C2)cc(C(=O)NCc2c(C)cc(C)[nH]c2=O)c1Cl)C1CCOCC1. The lowest BCUT2D eigenvalue weighted by molar-refractivity contribution is -0.0787. The highest BCUT2D eigenvalue weighted by Crippen LogP contribution is 2.39. The molecule has 0 unspecified atom stereocenters. The van der Waals surface area contributed by atoms with Crippen LogP contribution in [0.4, 0.5) is 5.69 Å². The Hall–Kier alpha value is -2.59. The molecule has 1 saturated carbocycles. The number of ether oxygens (including phenoxy) is 3. The van der Waals surface area contributed by atoms with E-state index in [9.17, 15) is 9.59 Å². The zero-order chi connectivity index (χ0) is 30.7. The van der Waals surface area contributed by atoms with Crippen molar-refractivity contribution in [1.29, 1.82) is 0 Å². The van der Waals surface area contributed by atoms with Gasteiger partial charge in [0.05, 0.1) is 34.6 Å². The number of pyridine rings is 1. The number of aromatic nitrogens is 1. The first-order valence-electron chi connectivity index (χ1n) is 15.8. The van der Waals surface area contributed by atoms with E-state index in [2.05, 4.69) is 40.9 Å². The molecule has 10 heteroatoms. The number of amides is 1. The van der Waals surface area contributed by atoms with E-state index in [0.29, 0.717) is 41.0 Å². The summed E-state index contributed by atoms with van der Waals surface area (Å²) in [5.41, 5.74) is 3.12. The van der Waals surface area contributed by atoms with Crippen LogP contribution in [0, 0.1) is 19.8 Å². The Morgan fingerprint density at radius 1 is 1.14 bits per heavy atom. The smallest absolute Gasteiger partial charge is 0.253 e. The molecule has 3 aliphatic rings. The standard InChI is InChI=1S/C33H47ClN4O5/c1-6-38(25-7-9-41-10-8-25)30-15-27(43-26-12-24(13-26)19-37-17-22(4)42-23(5)18-37)14-28(31(30)34)32(39)35-16-29-20(2)11-21(3)36-33(29)40/h11,14-15,22-26H,6-10,12-13,16-19H2,1-5H3,(H,35,39)(H,36,40)/t22-,23+,24-,26-. The van der Waals surface area contributed by atoms with E-state index >= 15 is 0 Å². The van der Waals surface area contributed by atoms with Gasteiger partial charge in [-0.3, -0.25) is 14.5 Å². The number of carbonyl (C=O) groups excluding carboxylic acids is 1. The molecular formula is C33H47ClN4O5. The molecule has 2 aromatic rings. The molecule has 2 saturated heterocycles. The Morgan fingerprint density at radius 3 is 2.49 bits per heavy atom. The maximum atomic E-state index is 13.6. The highest BCUT2D eigenvalue weighted by Gasteiger charge is 2.35. The van der Waals surface area contributed by atoms with Gasteiger partial charge in [0, 0.05) is 69.3 Å². The Labute approximate surface area is 260 Å². The third kappa shape index (κ3) is 7.74. The molecule has 236 valence electrons. The summed E-state index contributed by atoms with van der Waals surface area (Å²) in [6.45, 7) is 15.4. The number of H-pyrrole nitrogens is 1. The summed E-state index contributed by atoms with van der Waals surface area (Å²) in [5.74, 6) is 0.903. The fraction of sp³-hybridized carbons (Fsp3) is 0.636. The molecule has 2 atom stereocenters. The molecular weight excluding hydrogens is 568 g/mol. The number of nitrogens with one attached hydrogen (secondary N) is 2. The molecule has 1 amide bonds. The minimum Gasteiger partial charge on any atom is -0.490 e. The van der Waals surface area contributed by atoms with Gasteiger partial charge in [-0.15, -0.1) is 0 Å². The molecule has 0 radical (unpaired) electrons. The molecule has 0 bridgehead atoms. The number of hydrogen-bond acceptors (Lipinski definition) is 7. The van der Waals surface area contributed by atoms with Crippen LogP contribution in [0.1, 0.15) is 73.6 Å². The molecule has 3 fully saturated rings. The van der Waals surface area contributed by atoms with Crippen molar-refractivity contribution in [2.45, 2.75) is 91.2 Å². The van der Waals surface area contributed by atoms with E-state index in [4.69, 9.17) is 25.8 Å². The van der Waals surface area contributed by atoms with E-state index < -0.39 is 0 Å². The molecule has 43 heavy (non-hydrogen) atoms. The summed E-state index contributed by atoms with van der Waals surface area (Å²) in [4.78, 5) is 33.8. The van der Waals surface area contributed by atoms with Gasteiger partial charge in [0.25, 0.3) is 11.5 Å². The van der Waals surface area contributed by atoms with Crippen LogP contribution < -0.4 is 20.5 Å². The van der Waals surface area contributed by atoms with Crippen LogP contribution >= 0.6 is 11.6 Å². The second-order valence-electron chi connectivity index (χ2n) is 12.6. The third-order valence-corrected chi connectivity index (χ3v) is 9.38. The molecule has 5 rings (SSSR count). The summed E-state index contributed by atoms with van der Waals surface area (Å²) in [7, 11) is 0. The summed E-state index contributed by atoms with van der Waals surface area (Å²) in [5, 5.41) is 3.33. The highest BCUT2D eigenvalue weighted by molar-refractivity contribution is 6.36. The van der Waals surface area contributed by atoms with Crippen molar-refractivity contribution in [3.63, 3.8) is 0 Å². The van der Waals surface area contributed by atoms with Crippen molar-refractivity contribution in [3.05, 3.63) is 56.0 Å². The number of nitrogens with zero attached hydrogens (tertiary/aromatic N) is 2. The first-order valence-corrected chi connectivity index (χ1v) is 16.2. The zero-order valence-corrected chi connectivity index (χ0v) is 27.0. The predicted molar refractivity (Wildman–Crippen MR) is 170 cm³/mol. The molecule has 1 aliphatic carbocycles. The van der Waals surface area contributed by atoms with Gasteiger partial charge in [-0.05, 0) is 83.9 Å². The Bertz CT molecular complexity index is 1330. The number of rotatable bonds is 10. The topological polar surface area (TPSA) is 96.1 Å². The minimum absolute atomic E-state index is 0.0951. The van der Waals surface area contributed by atoms with E-state index in [0.717, 1.165) is 68.8 Å². The van der Waals surface area contributed by atoms with Crippen LogP contribution in [-0.2, 0) is 16.0 Å². The average Bonchev–Trinajstić information content (AvgIpc) is 2.93. The monoisotopic (exact) mass is 614 g/mol. The van der Waals surface area contributed by atoms with Crippen molar-refractivity contribution in [2.24, 2.45) is 5.92 Å². The molecule has 2 aliphatic heterocycles. The van der Waals surface area contributed by atoms with E-state index in [-0.39, 0.29) is 42.4 Å². The van der Waals surface area contributed by atoms with Crippen LogP contribution in [0.25, 0.3) is 0 Å². The van der Waals surface area contributed by atoms with Crippen LogP contribution in [0.15, 0.2) is 23.0 Å². The second kappa shape index (κ2) is 14.0. The summed E-state index contributed by atoms with van der Waals surface area (Å²) in [6.07, 6.45) is 4.37. The minimum atomic E-state index is -0.332. The van der Waals surface area contributed by atoms with Crippen molar-refractivity contribution < 1.29 is 19.0 Å². The fourth-order valence-electron chi connectivity index (χ4n) is 6.92. The van der Waals surface area contributed by atoms with Crippen LogP contribution in [0.3, 0.4) is 0 Å². The molecule has 1 aromatic carbocycles. The number of aromatic amines is 1. The van der Waals surface area contributed by atoms with Crippen LogP contribution in [0.5, 0.6) is 5.75 Å². The van der Waals surface area contributed by atoms with E-state index in [1.807, 2.05) is 26.0 Å². The number of carbonyl (C=O) groups is 1. The van der Waals surface area contributed by atoms with Crippen LogP contribution in [-0.4, -0.2) is 79.5 Å². The van der Waals surface area contributed by atoms with Crippen LogP contribution in [0.2, 0.25) is 5.02 Å². The second-order valence-corrected chi connectivity index (χ2v) is 13.0. The highest BCUT2D eigenvalue weighted by atomic mass is 35.5. The van der Waals surface area contributed by atoms with Crippen molar-refractivity contribution in [1.82, 2.24) is 15.2 Å². The van der Waals surface area contributed by atoms with Crippen molar-refractivity contribution >= 4 is 23.2 Å². The maximum Gasteiger partial charge on any atom is 0.253 e. The van der Waals surface area contributed by atoms with Gasteiger partial charge in [0.2, 0.25) is 0 Å². The lowest BCUT2D eigenvalue weighted by Crippen LogP contribution is -2.49. The van der Waals surface area contributed by atoms with Gasteiger partial charge < -0.3 is 29.4 Å². The van der Waals surface area contributed by atoms with E-state index in [1.54, 1.807) is 6.07 Å². The third-order valence-electron chi connectivity index (χ3n) is 8.98. The number of aryl methyl sites for hydroxylation is 2. The van der Waals surface area contributed by atoms with Gasteiger partial charge in [-0.2, -0.15) is 0 Å². The first kappa shape index (κ1) is 31.8. The van der Waals surface area contributed by atoms with Crippen molar-refractivity contribution in [3.8, 4) is 5.75 Å². The summed E-state index contributed by atoms with van der Waals surface area (Å²) >= 11 is 7.00. The summed E-state index contributed by atoms with van der Waals surface area (Å²) in [6, 6.07) is 5.92. The van der Waals surface area contributed by atoms with Crippen molar-refractivity contribution in [2.75, 3.05) is 44.3 Å². The predicted octanol–water partition coefficient (Wildman–Crippen LogP) is 4.85. The quantitative estimate of drug-likeness (QED) is 0.395. The van der Waals surface area contributed by atoms with Gasteiger partial charge in [-0.1, -0.05) is 11.6 Å². The van der Waals surface area contributed by atoms with Gasteiger partial charge in [-0.25, -0.2) is 0 Å². The Balaban J connectivity index is 1.33. The average molecular weight is 615 g/mol. The largest absolute Gasteiger partial charge is 0.490 e. The number of halogens is 1. The fourth-order valence-corrected chi connectivity index (χ4v) is 7.23. The molecule has 1 aromatic heterocycles. The molecule has 3 heterocycles. The molecule has 2 N–H and O–H groups in total. The number of morpholine rings is 1. The maximum absolute atomic E-state index is 13.6. The molecule has 9 nitrogen and oxygen atoms in total. The van der Waals surface area contributed by atoms with Gasteiger partial charge >= 0.3 is 0 Å². The Kier molecular flexibility index (Phi) is 10.4.